The summed E-state index contributed by atoms with van der Waals surface area (Å²) in [7, 11) is 0. The lowest BCUT2D eigenvalue weighted by Gasteiger charge is -2.36. The Hall–Kier alpha value is -2.67. The van der Waals surface area contributed by atoms with Gasteiger partial charge in [-0.2, -0.15) is 5.10 Å². The van der Waals surface area contributed by atoms with Crippen LogP contribution in [0.2, 0.25) is 0 Å². The Labute approximate surface area is 183 Å². The fraction of sp³-hybridized carbons (Fsp3) is 0.542. The first kappa shape index (κ1) is 21.6. The summed E-state index contributed by atoms with van der Waals surface area (Å²) in [5.74, 6) is 0.392. The number of benzene rings is 1. The number of rotatable bonds is 4. The van der Waals surface area contributed by atoms with Gasteiger partial charge in [-0.15, -0.1) is 0 Å². The number of hydrogen-bond acceptors (Lipinski definition) is 4. The van der Waals surface area contributed by atoms with E-state index in [-0.39, 0.29) is 29.9 Å². The molecule has 2 aromatic rings. The molecule has 0 spiro atoms. The largest absolute Gasteiger partial charge is 0.372 e. The van der Waals surface area contributed by atoms with E-state index in [2.05, 4.69) is 10.2 Å². The van der Waals surface area contributed by atoms with Gasteiger partial charge in [-0.25, -0.2) is 0 Å². The van der Waals surface area contributed by atoms with E-state index in [0.29, 0.717) is 38.2 Å². The summed E-state index contributed by atoms with van der Waals surface area (Å²) < 4.78 is 5.76. The highest BCUT2D eigenvalue weighted by molar-refractivity contribution is 5.95. The van der Waals surface area contributed by atoms with E-state index >= 15 is 0 Å². The standard InChI is InChI=1S/C24H32N4O3/c1-16-4-6-19(7-5-16)12-22(29)27-10-8-20(9-11-27)23-21(13-25-26-23)24(30)28-14-17(2)31-18(3)15-28/h4-7,13,17-18,20H,8-12,14-15H2,1-3H3,(H,25,26). The lowest BCUT2D eigenvalue weighted by Crippen LogP contribution is -2.48. The van der Waals surface area contributed by atoms with Crippen molar-refractivity contribution in [1.82, 2.24) is 20.0 Å². The van der Waals surface area contributed by atoms with Gasteiger partial charge < -0.3 is 14.5 Å². The Morgan fingerprint density at radius 3 is 2.35 bits per heavy atom. The third-order valence-electron chi connectivity index (χ3n) is 6.34. The first-order valence-corrected chi connectivity index (χ1v) is 11.2. The summed E-state index contributed by atoms with van der Waals surface area (Å²) in [6, 6.07) is 8.13. The zero-order chi connectivity index (χ0) is 22.0. The predicted octanol–water partition coefficient (Wildman–Crippen LogP) is 2.92. The maximum atomic E-state index is 13.2. The van der Waals surface area contributed by atoms with Crippen molar-refractivity contribution in [2.45, 2.75) is 58.2 Å². The highest BCUT2D eigenvalue weighted by Crippen LogP contribution is 2.30. The molecule has 2 saturated heterocycles. The van der Waals surface area contributed by atoms with E-state index in [1.54, 1.807) is 6.20 Å². The number of ether oxygens (including phenoxy) is 1. The highest BCUT2D eigenvalue weighted by atomic mass is 16.5. The Bertz CT molecular complexity index is 905. The van der Waals surface area contributed by atoms with Gasteiger partial charge in [0.2, 0.25) is 5.91 Å². The zero-order valence-corrected chi connectivity index (χ0v) is 18.6. The molecule has 2 unspecified atom stereocenters. The second-order valence-electron chi connectivity index (χ2n) is 8.98. The van der Waals surface area contributed by atoms with Crippen LogP contribution in [0.25, 0.3) is 0 Å². The molecule has 2 amide bonds. The zero-order valence-electron chi connectivity index (χ0n) is 18.6. The fourth-order valence-electron chi connectivity index (χ4n) is 4.70. The monoisotopic (exact) mass is 424 g/mol. The normalized spacial score (nSPS) is 22.5. The van der Waals surface area contributed by atoms with Crippen LogP contribution < -0.4 is 0 Å². The average Bonchev–Trinajstić information content (AvgIpc) is 3.24. The number of H-pyrrole nitrogens is 1. The number of likely N-dealkylation sites (tertiary alicyclic amines) is 1. The molecule has 0 saturated carbocycles. The molecule has 4 rings (SSSR count). The second kappa shape index (κ2) is 9.22. The van der Waals surface area contributed by atoms with Crippen molar-refractivity contribution in [1.29, 1.82) is 0 Å². The average molecular weight is 425 g/mol. The number of nitrogens with zero attached hydrogens (tertiary/aromatic N) is 3. The lowest BCUT2D eigenvalue weighted by molar-refractivity contribution is -0.131. The Balaban J connectivity index is 1.36. The number of carbonyl (C=O) groups is 2. The van der Waals surface area contributed by atoms with E-state index in [4.69, 9.17) is 4.74 Å². The molecule has 2 aliphatic heterocycles. The third kappa shape index (κ3) is 4.98. The number of aromatic amines is 1. The number of piperidine rings is 1. The van der Waals surface area contributed by atoms with E-state index in [9.17, 15) is 9.59 Å². The fourth-order valence-corrected chi connectivity index (χ4v) is 4.70. The number of hydrogen-bond donors (Lipinski definition) is 1. The summed E-state index contributed by atoms with van der Waals surface area (Å²) in [4.78, 5) is 29.7. The van der Waals surface area contributed by atoms with Crippen LogP contribution in [0.15, 0.2) is 30.5 Å². The number of aryl methyl sites for hydroxylation is 1. The molecule has 0 aliphatic carbocycles. The molecule has 166 valence electrons. The molecule has 1 aromatic heterocycles. The van der Waals surface area contributed by atoms with Crippen LogP contribution in [0.3, 0.4) is 0 Å². The van der Waals surface area contributed by atoms with Crippen molar-refractivity contribution in [3.05, 3.63) is 52.8 Å². The molecule has 3 heterocycles. The molecule has 7 nitrogen and oxygen atoms in total. The summed E-state index contributed by atoms with van der Waals surface area (Å²) in [6.07, 6.45) is 3.82. The van der Waals surface area contributed by atoms with E-state index in [1.165, 1.54) is 5.56 Å². The molecule has 1 aromatic carbocycles. The van der Waals surface area contributed by atoms with Crippen LogP contribution in [0.4, 0.5) is 0 Å². The SMILES string of the molecule is Cc1ccc(CC(=O)N2CCC(c3[nH]ncc3C(=O)N3CC(C)OC(C)C3)CC2)cc1. The summed E-state index contributed by atoms with van der Waals surface area (Å²) >= 11 is 0. The first-order valence-electron chi connectivity index (χ1n) is 11.2. The van der Waals surface area contributed by atoms with Gasteiger partial charge in [-0.3, -0.25) is 14.7 Å². The number of morpholine rings is 1. The van der Waals surface area contributed by atoms with Gasteiger partial charge in [0.25, 0.3) is 5.91 Å². The minimum atomic E-state index is 0.0172. The van der Waals surface area contributed by atoms with Crippen LogP contribution in [0, 0.1) is 6.92 Å². The Morgan fingerprint density at radius 2 is 1.71 bits per heavy atom. The van der Waals surface area contributed by atoms with E-state index in [0.717, 1.165) is 24.1 Å². The Morgan fingerprint density at radius 1 is 1.06 bits per heavy atom. The predicted molar refractivity (Wildman–Crippen MR) is 118 cm³/mol. The van der Waals surface area contributed by atoms with Gasteiger partial charge in [0.1, 0.15) is 0 Å². The van der Waals surface area contributed by atoms with Crippen molar-refractivity contribution in [3.63, 3.8) is 0 Å². The van der Waals surface area contributed by atoms with Crippen LogP contribution in [0.5, 0.6) is 0 Å². The van der Waals surface area contributed by atoms with Gasteiger partial charge >= 0.3 is 0 Å². The van der Waals surface area contributed by atoms with Crippen LogP contribution >= 0.6 is 0 Å². The third-order valence-corrected chi connectivity index (χ3v) is 6.34. The molecule has 2 aliphatic rings. The molecule has 2 atom stereocenters. The van der Waals surface area contributed by atoms with Gasteiger partial charge in [-0.05, 0) is 39.2 Å². The van der Waals surface area contributed by atoms with Crippen molar-refractivity contribution in [2.24, 2.45) is 0 Å². The van der Waals surface area contributed by atoms with Crippen molar-refractivity contribution in [2.75, 3.05) is 26.2 Å². The minimum absolute atomic E-state index is 0.0172. The molecular weight excluding hydrogens is 392 g/mol. The summed E-state index contributed by atoms with van der Waals surface area (Å²) in [5, 5.41) is 7.26. The molecule has 1 N–H and O–H groups in total. The molecule has 0 radical (unpaired) electrons. The van der Waals surface area contributed by atoms with Gasteiger partial charge in [0, 0.05) is 32.1 Å². The molecule has 2 fully saturated rings. The van der Waals surface area contributed by atoms with Gasteiger partial charge in [-0.1, -0.05) is 29.8 Å². The number of carbonyl (C=O) groups excluding carboxylic acids is 2. The topological polar surface area (TPSA) is 78.5 Å². The second-order valence-corrected chi connectivity index (χ2v) is 8.98. The molecule has 7 heteroatoms. The van der Waals surface area contributed by atoms with Crippen LogP contribution in [-0.4, -0.2) is 70.2 Å². The van der Waals surface area contributed by atoms with Gasteiger partial charge in [0.05, 0.1) is 36.1 Å². The minimum Gasteiger partial charge on any atom is -0.372 e. The first-order chi connectivity index (χ1) is 14.9. The molecule has 0 bridgehead atoms. The maximum absolute atomic E-state index is 13.2. The molecular formula is C24H32N4O3. The van der Waals surface area contributed by atoms with Crippen LogP contribution in [0.1, 0.15) is 59.8 Å². The summed E-state index contributed by atoms with van der Waals surface area (Å²) in [5.41, 5.74) is 3.81. The maximum Gasteiger partial charge on any atom is 0.257 e. The van der Waals surface area contributed by atoms with Crippen molar-refractivity contribution >= 4 is 11.8 Å². The van der Waals surface area contributed by atoms with E-state index < -0.39 is 0 Å². The highest BCUT2D eigenvalue weighted by Gasteiger charge is 2.32. The summed E-state index contributed by atoms with van der Waals surface area (Å²) in [6.45, 7) is 8.64. The lowest BCUT2D eigenvalue weighted by atomic mass is 9.90. The van der Waals surface area contributed by atoms with Gasteiger partial charge in [0.15, 0.2) is 0 Å². The van der Waals surface area contributed by atoms with Crippen molar-refractivity contribution < 1.29 is 14.3 Å². The number of nitrogens with one attached hydrogen (secondary N) is 1. The van der Waals surface area contributed by atoms with Crippen molar-refractivity contribution in [3.8, 4) is 0 Å². The van der Waals surface area contributed by atoms with E-state index in [1.807, 2.05) is 54.8 Å². The number of amides is 2. The Kier molecular flexibility index (Phi) is 6.41. The quantitative estimate of drug-likeness (QED) is 0.819. The molecule has 31 heavy (non-hydrogen) atoms. The smallest absolute Gasteiger partial charge is 0.257 e. The van der Waals surface area contributed by atoms with Crippen LogP contribution in [-0.2, 0) is 16.0 Å². The number of aromatic nitrogens is 2.